The number of amides is 1. The summed E-state index contributed by atoms with van der Waals surface area (Å²) in [5, 5.41) is 3.14. The van der Waals surface area contributed by atoms with Gasteiger partial charge in [-0.15, -0.1) is 0 Å². The third-order valence-electron chi connectivity index (χ3n) is 5.73. The second kappa shape index (κ2) is 11.7. The fourth-order valence-corrected chi connectivity index (χ4v) is 3.74. The fourth-order valence-electron chi connectivity index (χ4n) is 3.74. The predicted molar refractivity (Wildman–Crippen MR) is 121 cm³/mol. The van der Waals surface area contributed by atoms with E-state index in [0.717, 1.165) is 30.5 Å². The average molecular weight is 380 g/mol. The van der Waals surface area contributed by atoms with Crippen LogP contribution in [0.25, 0.3) is 5.57 Å². The minimum atomic E-state index is 0.0468. The van der Waals surface area contributed by atoms with Crippen molar-refractivity contribution in [1.29, 1.82) is 0 Å². The zero-order chi connectivity index (χ0) is 20.4. The highest BCUT2D eigenvalue weighted by atomic mass is 16.1. The zero-order valence-electron chi connectivity index (χ0n) is 18.2. The number of hydrogen-bond acceptors (Lipinski definition) is 1. The molecule has 2 rings (SSSR count). The summed E-state index contributed by atoms with van der Waals surface area (Å²) in [5.74, 6) is 0.701. The Morgan fingerprint density at radius 2 is 1.71 bits per heavy atom. The maximum absolute atomic E-state index is 12.5. The SMILES string of the molecule is C\C=C(C)/C=C(\C(C)=C\CCC)c1ccc(C(=O)NCC2CCCCC2)cc1. The number of nitrogens with one attached hydrogen (secondary N) is 1. The molecule has 0 saturated heterocycles. The summed E-state index contributed by atoms with van der Waals surface area (Å²) in [4.78, 5) is 12.5. The van der Waals surface area contributed by atoms with Gasteiger partial charge in [-0.1, -0.05) is 68.5 Å². The van der Waals surface area contributed by atoms with Crippen LogP contribution in [0.2, 0.25) is 0 Å². The molecule has 0 heterocycles. The second-order valence-corrected chi connectivity index (χ2v) is 8.06. The summed E-state index contributed by atoms with van der Waals surface area (Å²) in [6, 6.07) is 8.07. The van der Waals surface area contributed by atoms with Gasteiger partial charge in [0.15, 0.2) is 0 Å². The largest absolute Gasteiger partial charge is 0.352 e. The number of rotatable bonds is 8. The fraction of sp³-hybridized carbons (Fsp3) is 0.500. The van der Waals surface area contributed by atoms with Gasteiger partial charge in [0, 0.05) is 12.1 Å². The molecular formula is C26H37NO. The molecule has 0 aliphatic heterocycles. The van der Waals surface area contributed by atoms with Crippen molar-refractivity contribution in [3.05, 3.63) is 64.8 Å². The lowest BCUT2D eigenvalue weighted by molar-refractivity contribution is 0.0943. The minimum absolute atomic E-state index is 0.0468. The molecule has 1 aromatic carbocycles. The molecule has 2 heteroatoms. The predicted octanol–water partition coefficient (Wildman–Crippen LogP) is 7.09. The molecule has 1 amide bonds. The van der Waals surface area contributed by atoms with E-state index in [1.54, 1.807) is 0 Å². The normalized spacial score (nSPS) is 16.9. The first-order valence-corrected chi connectivity index (χ1v) is 11.0. The Labute approximate surface area is 171 Å². The molecule has 0 radical (unpaired) electrons. The Morgan fingerprint density at radius 1 is 1.07 bits per heavy atom. The van der Waals surface area contributed by atoms with Crippen molar-refractivity contribution in [3.63, 3.8) is 0 Å². The summed E-state index contributed by atoms with van der Waals surface area (Å²) in [6.07, 6.45) is 15.4. The Morgan fingerprint density at radius 3 is 2.32 bits per heavy atom. The second-order valence-electron chi connectivity index (χ2n) is 8.06. The van der Waals surface area contributed by atoms with Crippen LogP contribution < -0.4 is 5.32 Å². The van der Waals surface area contributed by atoms with Gasteiger partial charge in [0.25, 0.3) is 5.91 Å². The molecule has 28 heavy (non-hydrogen) atoms. The first-order valence-electron chi connectivity index (χ1n) is 11.0. The highest BCUT2D eigenvalue weighted by Crippen LogP contribution is 2.26. The van der Waals surface area contributed by atoms with Crippen LogP contribution >= 0.6 is 0 Å². The first-order chi connectivity index (χ1) is 13.5. The van der Waals surface area contributed by atoms with Gasteiger partial charge in [-0.3, -0.25) is 4.79 Å². The summed E-state index contributed by atoms with van der Waals surface area (Å²) in [6.45, 7) is 9.37. The number of allylic oxidation sites excluding steroid dienone is 6. The Bertz CT molecular complexity index is 715. The van der Waals surface area contributed by atoms with Crippen molar-refractivity contribution in [2.24, 2.45) is 5.92 Å². The van der Waals surface area contributed by atoms with Crippen LogP contribution in [0.1, 0.15) is 88.6 Å². The molecule has 152 valence electrons. The molecular weight excluding hydrogens is 342 g/mol. The highest BCUT2D eigenvalue weighted by molar-refractivity contribution is 5.94. The summed E-state index contributed by atoms with van der Waals surface area (Å²) in [7, 11) is 0. The monoisotopic (exact) mass is 379 g/mol. The average Bonchev–Trinajstić information content (AvgIpc) is 2.74. The van der Waals surface area contributed by atoms with Crippen molar-refractivity contribution in [1.82, 2.24) is 5.32 Å². The lowest BCUT2D eigenvalue weighted by atomic mass is 9.89. The number of carbonyl (C=O) groups is 1. The Kier molecular flexibility index (Phi) is 9.27. The van der Waals surface area contributed by atoms with E-state index < -0.39 is 0 Å². The van der Waals surface area contributed by atoms with E-state index >= 15 is 0 Å². The standard InChI is InChI=1S/C26H37NO/c1-5-7-11-21(4)25(18-20(3)6-2)23-14-16-24(17-15-23)26(28)27-19-22-12-9-8-10-13-22/h6,11,14-18,22H,5,7-10,12-13,19H2,1-4H3,(H,27,28)/b20-6-,21-11+,25-18+. The van der Waals surface area contributed by atoms with Crippen LogP contribution in [0.15, 0.2) is 53.6 Å². The molecule has 1 fully saturated rings. The quantitative estimate of drug-likeness (QED) is 0.480. The molecule has 1 aromatic rings. The van der Waals surface area contributed by atoms with Gasteiger partial charge in [-0.25, -0.2) is 0 Å². The molecule has 0 spiro atoms. The van der Waals surface area contributed by atoms with Gasteiger partial charge in [0.2, 0.25) is 0 Å². The summed E-state index contributed by atoms with van der Waals surface area (Å²) < 4.78 is 0. The van der Waals surface area contributed by atoms with Gasteiger partial charge in [0.05, 0.1) is 0 Å². The molecule has 0 aromatic heterocycles. The van der Waals surface area contributed by atoms with E-state index in [0.29, 0.717) is 5.92 Å². The van der Waals surface area contributed by atoms with Crippen molar-refractivity contribution in [2.45, 2.75) is 72.6 Å². The Hall–Kier alpha value is -2.09. The summed E-state index contributed by atoms with van der Waals surface area (Å²) >= 11 is 0. The number of carbonyl (C=O) groups excluding carboxylic acids is 1. The number of hydrogen-bond donors (Lipinski definition) is 1. The van der Waals surface area contributed by atoms with E-state index in [4.69, 9.17) is 0 Å². The third-order valence-corrected chi connectivity index (χ3v) is 5.73. The maximum Gasteiger partial charge on any atom is 0.251 e. The third kappa shape index (κ3) is 6.82. The lowest BCUT2D eigenvalue weighted by Crippen LogP contribution is -2.30. The minimum Gasteiger partial charge on any atom is -0.352 e. The molecule has 0 bridgehead atoms. The molecule has 1 saturated carbocycles. The van der Waals surface area contributed by atoms with Crippen molar-refractivity contribution >= 4 is 11.5 Å². The van der Waals surface area contributed by atoms with E-state index in [1.165, 1.54) is 48.8 Å². The molecule has 2 nitrogen and oxygen atoms in total. The molecule has 0 unspecified atom stereocenters. The molecule has 1 N–H and O–H groups in total. The van der Waals surface area contributed by atoms with E-state index in [2.05, 4.69) is 63.4 Å². The van der Waals surface area contributed by atoms with Gasteiger partial charge in [0.1, 0.15) is 0 Å². The zero-order valence-corrected chi connectivity index (χ0v) is 18.2. The van der Waals surface area contributed by atoms with Crippen molar-refractivity contribution < 1.29 is 4.79 Å². The van der Waals surface area contributed by atoms with Crippen LogP contribution in [-0.2, 0) is 0 Å². The topological polar surface area (TPSA) is 29.1 Å². The summed E-state index contributed by atoms with van der Waals surface area (Å²) in [5.41, 5.74) is 5.68. The van der Waals surface area contributed by atoms with E-state index in [9.17, 15) is 4.79 Å². The van der Waals surface area contributed by atoms with Gasteiger partial charge < -0.3 is 5.32 Å². The highest BCUT2D eigenvalue weighted by Gasteiger charge is 2.15. The Balaban J connectivity index is 2.10. The van der Waals surface area contributed by atoms with Gasteiger partial charge >= 0.3 is 0 Å². The first kappa shape index (κ1) is 22.2. The number of unbranched alkanes of at least 4 members (excludes halogenated alkanes) is 1. The van der Waals surface area contributed by atoms with Gasteiger partial charge in [-0.05, 0) is 74.8 Å². The van der Waals surface area contributed by atoms with Crippen molar-refractivity contribution in [2.75, 3.05) is 6.54 Å². The van der Waals surface area contributed by atoms with E-state index in [1.807, 2.05) is 12.1 Å². The van der Waals surface area contributed by atoms with Crippen LogP contribution in [0.3, 0.4) is 0 Å². The lowest BCUT2D eigenvalue weighted by Gasteiger charge is -2.21. The van der Waals surface area contributed by atoms with Crippen LogP contribution in [0.5, 0.6) is 0 Å². The van der Waals surface area contributed by atoms with Crippen LogP contribution in [0, 0.1) is 5.92 Å². The molecule has 0 atom stereocenters. The number of benzene rings is 1. The van der Waals surface area contributed by atoms with Crippen LogP contribution in [0.4, 0.5) is 0 Å². The van der Waals surface area contributed by atoms with Crippen LogP contribution in [-0.4, -0.2) is 12.5 Å². The van der Waals surface area contributed by atoms with Gasteiger partial charge in [-0.2, -0.15) is 0 Å². The van der Waals surface area contributed by atoms with Crippen molar-refractivity contribution in [3.8, 4) is 0 Å². The smallest absolute Gasteiger partial charge is 0.251 e. The van der Waals surface area contributed by atoms with E-state index in [-0.39, 0.29) is 5.91 Å². The molecule has 1 aliphatic carbocycles. The molecule has 1 aliphatic rings. The maximum atomic E-state index is 12.5.